The van der Waals surface area contributed by atoms with E-state index in [0.717, 1.165) is 22.5 Å². The van der Waals surface area contributed by atoms with E-state index in [2.05, 4.69) is 23.2 Å². The number of aromatic nitrogens is 1. The summed E-state index contributed by atoms with van der Waals surface area (Å²) in [5.41, 5.74) is 3.19. The highest BCUT2D eigenvalue weighted by Gasteiger charge is 2.08. The van der Waals surface area contributed by atoms with Gasteiger partial charge in [0.15, 0.2) is 0 Å². The molecule has 0 aliphatic heterocycles. The SMILES string of the molecule is Clc1cc(-c2cc3ccccc3[nH]2)ccc1Oc1ccccc1. The number of benzene rings is 3. The summed E-state index contributed by atoms with van der Waals surface area (Å²) in [6.45, 7) is 0. The molecule has 1 heterocycles. The maximum absolute atomic E-state index is 6.39. The summed E-state index contributed by atoms with van der Waals surface area (Å²) in [5, 5.41) is 1.77. The Balaban J connectivity index is 1.67. The highest BCUT2D eigenvalue weighted by molar-refractivity contribution is 6.32. The minimum atomic E-state index is 0.588. The fraction of sp³-hybridized carbons (Fsp3) is 0. The van der Waals surface area contributed by atoms with E-state index in [4.69, 9.17) is 16.3 Å². The Hall–Kier alpha value is -2.71. The third-order valence-electron chi connectivity index (χ3n) is 3.74. The number of aromatic amines is 1. The van der Waals surface area contributed by atoms with E-state index in [-0.39, 0.29) is 0 Å². The Morgan fingerprint density at radius 2 is 1.57 bits per heavy atom. The van der Waals surface area contributed by atoms with Crippen LogP contribution in [-0.4, -0.2) is 4.98 Å². The van der Waals surface area contributed by atoms with Crippen molar-refractivity contribution in [3.8, 4) is 22.8 Å². The molecule has 0 atom stereocenters. The Morgan fingerprint density at radius 3 is 2.35 bits per heavy atom. The minimum Gasteiger partial charge on any atom is -0.456 e. The van der Waals surface area contributed by atoms with Gasteiger partial charge in [-0.1, -0.05) is 48.0 Å². The third kappa shape index (κ3) is 2.81. The van der Waals surface area contributed by atoms with Gasteiger partial charge in [-0.05, 0) is 48.0 Å². The molecule has 1 N–H and O–H groups in total. The monoisotopic (exact) mass is 319 g/mol. The van der Waals surface area contributed by atoms with Crippen molar-refractivity contribution in [2.24, 2.45) is 0 Å². The standard InChI is InChI=1S/C20H14ClNO/c21-17-12-15(19-13-14-6-4-5-9-18(14)22-19)10-11-20(17)23-16-7-2-1-3-8-16/h1-13,22H. The lowest BCUT2D eigenvalue weighted by atomic mass is 10.1. The van der Waals surface area contributed by atoms with Gasteiger partial charge in [0.2, 0.25) is 0 Å². The first-order chi connectivity index (χ1) is 11.3. The Kier molecular flexibility index (Phi) is 3.52. The molecule has 0 radical (unpaired) electrons. The highest BCUT2D eigenvalue weighted by atomic mass is 35.5. The second kappa shape index (κ2) is 5.82. The van der Waals surface area contributed by atoms with Crippen molar-refractivity contribution in [2.75, 3.05) is 0 Å². The van der Waals surface area contributed by atoms with Crippen molar-refractivity contribution in [3.05, 3.63) is 83.9 Å². The lowest BCUT2D eigenvalue weighted by Crippen LogP contribution is -1.86. The summed E-state index contributed by atoms with van der Waals surface area (Å²) in [6, 6.07) is 25.8. The number of H-pyrrole nitrogens is 1. The van der Waals surface area contributed by atoms with E-state index >= 15 is 0 Å². The van der Waals surface area contributed by atoms with Gasteiger partial charge in [0, 0.05) is 16.6 Å². The average Bonchev–Trinajstić information content (AvgIpc) is 3.02. The van der Waals surface area contributed by atoms with Crippen LogP contribution in [0.5, 0.6) is 11.5 Å². The number of fused-ring (bicyclic) bond motifs is 1. The van der Waals surface area contributed by atoms with Crippen molar-refractivity contribution in [1.82, 2.24) is 4.98 Å². The summed E-state index contributed by atoms with van der Waals surface area (Å²) in [6.07, 6.45) is 0. The van der Waals surface area contributed by atoms with Crippen LogP contribution < -0.4 is 4.74 Å². The minimum absolute atomic E-state index is 0.588. The summed E-state index contributed by atoms with van der Waals surface area (Å²) in [4.78, 5) is 3.41. The molecule has 0 fully saturated rings. The summed E-state index contributed by atoms with van der Waals surface area (Å²) >= 11 is 6.39. The van der Waals surface area contributed by atoms with E-state index in [9.17, 15) is 0 Å². The molecule has 0 amide bonds. The van der Waals surface area contributed by atoms with Crippen LogP contribution in [0.25, 0.3) is 22.2 Å². The summed E-state index contributed by atoms with van der Waals surface area (Å²) in [7, 11) is 0. The molecule has 1 aromatic heterocycles. The van der Waals surface area contributed by atoms with Gasteiger partial charge < -0.3 is 9.72 Å². The lowest BCUT2D eigenvalue weighted by molar-refractivity contribution is 0.483. The van der Waals surface area contributed by atoms with Crippen LogP contribution in [0.4, 0.5) is 0 Å². The molecule has 0 unspecified atom stereocenters. The third-order valence-corrected chi connectivity index (χ3v) is 4.04. The summed E-state index contributed by atoms with van der Waals surface area (Å²) in [5.74, 6) is 1.42. The first-order valence-corrected chi connectivity index (χ1v) is 7.78. The molecule has 112 valence electrons. The van der Waals surface area contributed by atoms with Gasteiger partial charge >= 0.3 is 0 Å². The lowest BCUT2D eigenvalue weighted by Gasteiger charge is -2.08. The molecule has 2 nitrogen and oxygen atoms in total. The van der Waals surface area contributed by atoms with Crippen molar-refractivity contribution in [2.45, 2.75) is 0 Å². The van der Waals surface area contributed by atoms with Crippen LogP contribution in [-0.2, 0) is 0 Å². The molecule has 0 spiro atoms. The molecule has 3 heteroatoms. The van der Waals surface area contributed by atoms with Gasteiger partial charge in [0.05, 0.1) is 5.02 Å². The van der Waals surface area contributed by atoms with Crippen LogP contribution in [0.15, 0.2) is 78.9 Å². The number of hydrogen-bond acceptors (Lipinski definition) is 1. The second-order valence-corrected chi connectivity index (χ2v) is 5.74. The molecule has 0 bridgehead atoms. The number of para-hydroxylation sites is 2. The topological polar surface area (TPSA) is 25.0 Å². The van der Waals surface area contributed by atoms with Gasteiger partial charge in [-0.3, -0.25) is 0 Å². The van der Waals surface area contributed by atoms with Gasteiger partial charge in [-0.2, -0.15) is 0 Å². The molecule has 0 aliphatic carbocycles. The number of nitrogens with one attached hydrogen (secondary N) is 1. The molecule has 0 aliphatic rings. The van der Waals surface area contributed by atoms with Gasteiger partial charge in [-0.25, -0.2) is 0 Å². The molecule has 4 aromatic rings. The first kappa shape index (κ1) is 13.9. The largest absolute Gasteiger partial charge is 0.456 e. The quantitative estimate of drug-likeness (QED) is 0.472. The van der Waals surface area contributed by atoms with Crippen molar-refractivity contribution in [3.63, 3.8) is 0 Å². The number of rotatable bonds is 3. The molecule has 0 saturated heterocycles. The van der Waals surface area contributed by atoms with E-state index < -0.39 is 0 Å². The Labute approximate surface area is 139 Å². The van der Waals surface area contributed by atoms with Gasteiger partial charge in [-0.15, -0.1) is 0 Å². The predicted molar refractivity (Wildman–Crippen MR) is 95.3 cm³/mol. The smallest absolute Gasteiger partial charge is 0.146 e. The molecule has 3 aromatic carbocycles. The number of halogens is 1. The zero-order valence-electron chi connectivity index (χ0n) is 12.3. The predicted octanol–water partition coefficient (Wildman–Crippen LogP) is 6.28. The van der Waals surface area contributed by atoms with E-state index in [0.29, 0.717) is 10.8 Å². The van der Waals surface area contributed by atoms with Crippen LogP contribution in [0.2, 0.25) is 5.02 Å². The fourth-order valence-corrected chi connectivity index (χ4v) is 2.81. The van der Waals surface area contributed by atoms with E-state index in [1.165, 1.54) is 5.39 Å². The van der Waals surface area contributed by atoms with Gasteiger partial charge in [0.1, 0.15) is 11.5 Å². The second-order valence-electron chi connectivity index (χ2n) is 5.33. The number of hydrogen-bond donors (Lipinski definition) is 1. The van der Waals surface area contributed by atoms with Crippen LogP contribution in [0.3, 0.4) is 0 Å². The highest BCUT2D eigenvalue weighted by Crippen LogP contribution is 2.34. The van der Waals surface area contributed by atoms with E-state index in [1.54, 1.807) is 0 Å². The first-order valence-electron chi connectivity index (χ1n) is 7.40. The average molecular weight is 320 g/mol. The molecular formula is C20H14ClNO. The zero-order chi connectivity index (χ0) is 15.6. The molecule has 4 rings (SSSR count). The molecule has 23 heavy (non-hydrogen) atoms. The van der Waals surface area contributed by atoms with Crippen LogP contribution in [0, 0.1) is 0 Å². The maximum Gasteiger partial charge on any atom is 0.146 e. The van der Waals surface area contributed by atoms with Gasteiger partial charge in [0.25, 0.3) is 0 Å². The van der Waals surface area contributed by atoms with Crippen LogP contribution >= 0.6 is 11.6 Å². The number of ether oxygens (including phenoxy) is 1. The molecular weight excluding hydrogens is 306 g/mol. The fourth-order valence-electron chi connectivity index (χ4n) is 2.60. The van der Waals surface area contributed by atoms with E-state index in [1.807, 2.05) is 60.7 Å². The van der Waals surface area contributed by atoms with Crippen molar-refractivity contribution in [1.29, 1.82) is 0 Å². The molecule has 0 saturated carbocycles. The Morgan fingerprint density at radius 1 is 0.783 bits per heavy atom. The van der Waals surface area contributed by atoms with Crippen molar-refractivity contribution < 1.29 is 4.74 Å². The summed E-state index contributed by atoms with van der Waals surface area (Å²) < 4.78 is 5.82. The Bertz CT molecular complexity index is 927. The maximum atomic E-state index is 6.39. The van der Waals surface area contributed by atoms with Crippen molar-refractivity contribution >= 4 is 22.5 Å². The zero-order valence-corrected chi connectivity index (χ0v) is 13.0. The van der Waals surface area contributed by atoms with Crippen LogP contribution in [0.1, 0.15) is 0 Å². The normalized spacial score (nSPS) is 10.8.